The van der Waals surface area contributed by atoms with Crippen molar-refractivity contribution in [2.45, 2.75) is 99.8 Å². The molecule has 2 aromatic carbocycles. The number of ether oxygens (including phenoxy) is 2. The van der Waals surface area contributed by atoms with Gasteiger partial charge in [0.2, 0.25) is 5.91 Å². The summed E-state index contributed by atoms with van der Waals surface area (Å²) in [6, 6.07) is 9.26. The maximum Gasteiger partial charge on any atom is 0.424 e. The van der Waals surface area contributed by atoms with Crippen molar-refractivity contribution in [1.29, 1.82) is 0 Å². The molecular formula is C32H44FN3O5. The molecule has 2 aromatic rings. The third kappa shape index (κ3) is 8.68. The molecule has 1 aliphatic heterocycles. The van der Waals surface area contributed by atoms with E-state index in [9.17, 15) is 14.4 Å². The Balaban J connectivity index is 2.17. The van der Waals surface area contributed by atoms with Crippen LogP contribution in [0.3, 0.4) is 0 Å². The molecule has 0 unspecified atom stereocenters. The third-order valence-electron chi connectivity index (χ3n) is 6.15. The highest BCUT2D eigenvalue weighted by atomic mass is 19.1. The van der Waals surface area contributed by atoms with E-state index in [2.05, 4.69) is 11.4 Å². The van der Waals surface area contributed by atoms with E-state index >= 15 is 4.39 Å². The van der Waals surface area contributed by atoms with Crippen molar-refractivity contribution in [2.75, 3.05) is 21.7 Å². The number of hydrogen-bond donors (Lipinski definition) is 1. The summed E-state index contributed by atoms with van der Waals surface area (Å²) in [6.45, 7) is 18.6. The van der Waals surface area contributed by atoms with Crippen LogP contribution in [0.4, 0.5) is 31.0 Å². The molecule has 0 aliphatic carbocycles. The minimum Gasteiger partial charge on any atom is -0.443 e. The molecule has 1 heterocycles. The highest BCUT2D eigenvalue weighted by Crippen LogP contribution is 2.39. The number of hydrogen-bond acceptors (Lipinski definition) is 6. The van der Waals surface area contributed by atoms with Crippen molar-refractivity contribution in [3.63, 3.8) is 0 Å². The van der Waals surface area contributed by atoms with E-state index in [1.165, 1.54) is 11.6 Å². The van der Waals surface area contributed by atoms with Gasteiger partial charge in [-0.15, -0.1) is 0 Å². The number of carbonyl (C=O) groups is 3. The summed E-state index contributed by atoms with van der Waals surface area (Å²) >= 11 is 0. The molecule has 41 heavy (non-hydrogen) atoms. The summed E-state index contributed by atoms with van der Waals surface area (Å²) in [7, 11) is 0. The molecule has 0 saturated heterocycles. The van der Waals surface area contributed by atoms with E-state index in [0.717, 1.165) is 11.1 Å². The van der Waals surface area contributed by atoms with Crippen molar-refractivity contribution < 1.29 is 28.2 Å². The fourth-order valence-corrected chi connectivity index (χ4v) is 4.55. The van der Waals surface area contributed by atoms with Crippen LogP contribution in [0, 0.1) is 18.2 Å². The van der Waals surface area contributed by atoms with Crippen LogP contribution >= 0.6 is 0 Å². The summed E-state index contributed by atoms with van der Waals surface area (Å²) in [5.41, 5.74) is 0.833. The maximum absolute atomic E-state index is 16.7. The number of aryl methyl sites for hydroxylation is 1. The number of rotatable bonds is 4. The Labute approximate surface area is 243 Å². The van der Waals surface area contributed by atoms with Gasteiger partial charge in [-0.3, -0.25) is 4.79 Å². The monoisotopic (exact) mass is 569 g/mol. The Kier molecular flexibility index (Phi) is 9.11. The van der Waals surface area contributed by atoms with Gasteiger partial charge in [-0.05, 0) is 83.6 Å². The SMILES string of the molecule is Cc1ccc2c(c1)CCN(c1ccc(NC(=O)CC(C)(C)C)c(N(C(=O)OC(C)(C)C)C(=O)OC(C)(C)C)c1F)C2. The van der Waals surface area contributed by atoms with Gasteiger partial charge >= 0.3 is 12.2 Å². The van der Waals surface area contributed by atoms with E-state index in [0.29, 0.717) is 24.4 Å². The molecule has 9 heteroatoms. The first-order chi connectivity index (χ1) is 18.7. The van der Waals surface area contributed by atoms with Gasteiger partial charge in [0.25, 0.3) is 0 Å². The Morgan fingerprint density at radius 2 is 1.49 bits per heavy atom. The number of carbonyl (C=O) groups excluding carboxylic acids is 3. The summed E-state index contributed by atoms with van der Waals surface area (Å²) < 4.78 is 27.8. The van der Waals surface area contributed by atoms with Crippen LogP contribution in [-0.2, 0) is 27.2 Å². The van der Waals surface area contributed by atoms with Crippen molar-refractivity contribution in [2.24, 2.45) is 5.41 Å². The molecule has 0 radical (unpaired) electrons. The molecule has 224 valence electrons. The van der Waals surface area contributed by atoms with Crippen LogP contribution in [-0.4, -0.2) is 35.8 Å². The van der Waals surface area contributed by atoms with Crippen molar-refractivity contribution >= 4 is 35.2 Å². The highest BCUT2D eigenvalue weighted by molar-refractivity contribution is 6.13. The average molecular weight is 570 g/mol. The molecule has 0 bridgehead atoms. The highest BCUT2D eigenvalue weighted by Gasteiger charge is 2.38. The van der Waals surface area contributed by atoms with E-state index < -0.39 is 34.9 Å². The molecule has 0 fully saturated rings. The number of amides is 3. The lowest BCUT2D eigenvalue weighted by Gasteiger charge is -2.34. The Morgan fingerprint density at radius 1 is 0.902 bits per heavy atom. The zero-order valence-electron chi connectivity index (χ0n) is 26.0. The van der Waals surface area contributed by atoms with E-state index in [1.807, 2.05) is 44.7 Å². The topological polar surface area (TPSA) is 88.2 Å². The normalized spacial score (nSPS) is 13.8. The molecule has 0 saturated carbocycles. The molecule has 8 nitrogen and oxygen atoms in total. The largest absolute Gasteiger partial charge is 0.443 e. The maximum atomic E-state index is 16.7. The van der Waals surface area contributed by atoms with Gasteiger partial charge in [0, 0.05) is 19.5 Å². The third-order valence-corrected chi connectivity index (χ3v) is 6.15. The number of imide groups is 1. The summed E-state index contributed by atoms with van der Waals surface area (Å²) in [4.78, 5) is 42.4. The van der Waals surface area contributed by atoms with Crippen LogP contribution in [0.25, 0.3) is 0 Å². The first-order valence-electron chi connectivity index (χ1n) is 14.0. The zero-order valence-corrected chi connectivity index (χ0v) is 26.0. The minimum absolute atomic E-state index is 0.0368. The lowest BCUT2D eigenvalue weighted by Crippen LogP contribution is -2.45. The van der Waals surface area contributed by atoms with Gasteiger partial charge in [-0.1, -0.05) is 44.5 Å². The number of nitrogens with one attached hydrogen (secondary N) is 1. The summed E-state index contributed by atoms with van der Waals surface area (Å²) in [6.07, 6.45) is -1.39. The van der Waals surface area contributed by atoms with Crippen molar-refractivity contribution in [1.82, 2.24) is 0 Å². The first kappa shape index (κ1) is 31.9. The standard InChI is InChI=1S/C32H44FN3O5/c1-20-11-12-22-19-35(16-15-21(22)17-20)24-14-13-23(34-25(37)18-30(2,3)4)27(26(24)33)36(28(38)40-31(5,6)7)29(39)41-32(8,9)10/h11-14,17H,15-16,18-19H2,1-10H3,(H,34,37). The molecule has 0 aromatic heterocycles. The number of anilines is 3. The second-order valence-corrected chi connectivity index (χ2v) is 13.8. The fraction of sp³-hybridized carbons (Fsp3) is 0.531. The number of halogens is 1. The molecule has 0 spiro atoms. The van der Waals surface area contributed by atoms with E-state index in [1.54, 1.807) is 47.6 Å². The van der Waals surface area contributed by atoms with Gasteiger partial charge in [0.05, 0.1) is 11.4 Å². The van der Waals surface area contributed by atoms with Crippen molar-refractivity contribution in [3.8, 4) is 0 Å². The molecule has 1 N–H and O–H groups in total. The second kappa shape index (κ2) is 11.7. The molecule has 3 rings (SSSR count). The Morgan fingerprint density at radius 3 is 2.02 bits per heavy atom. The number of nitrogens with zero attached hydrogens (tertiary/aromatic N) is 2. The minimum atomic E-state index is -1.12. The second-order valence-electron chi connectivity index (χ2n) is 13.8. The molecule has 3 amide bonds. The van der Waals surface area contributed by atoms with Gasteiger partial charge < -0.3 is 19.7 Å². The van der Waals surface area contributed by atoms with Gasteiger partial charge in [0.15, 0.2) is 5.82 Å². The van der Waals surface area contributed by atoms with Crippen LogP contribution in [0.1, 0.15) is 85.4 Å². The van der Waals surface area contributed by atoms with E-state index in [-0.39, 0.29) is 29.1 Å². The van der Waals surface area contributed by atoms with Crippen molar-refractivity contribution in [3.05, 3.63) is 52.8 Å². The lowest BCUT2D eigenvalue weighted by molar-refractivity contribution is -0.117. The van der Waals surface area contributed by atoms with Crippen LogP contribution in [0.5, 0.6) is 0 Å². The van der Waals surface area contributed by atoms with Crippen LogP contribution < -0.4 is 15.1 Å². The smallest absolute Gasteiger partial charge is 0.424 e. The fourth-order valence-electron chi connectivity index (χ4n) is 4.55. The predicted molar refractivity (Wildman–Crippen MR) is 160 cm³/mol. The Hall–Kier alpha value is -3.62. The number of benzene rings is 2. The van der Waals surface area contributed by atoms with Gasteiger partial charge in [-0.25, -0.2) is 14.0 Å². The number of fused-ring (bicyclic) bond motifs is 1. The first-order valence-corrected chi connectivity index (χ1v) is 14.0. The van der Waals surface area contributed by atoms with Crippen LogP contribution in [0.15, 0.2) is 30.3 Å². The van der Waals surface area contributed by atoms with E-state index in [4.69, 9.17) is 9.47 Å². The average Bonchev–Trinajstić information content (AvgIpc) is 2.77. The zero-order chi connectivity index (χ0) is 30.9. The molecular weight excluding hydrogens is 525 g/mol. The molecule has 0 atom stereocenters. The van der Waals surface area contributed by atoms with Gasteiger partial charge in [0.1, 0.15) is 16.9 Å². The predicted octanol–water partition coefficient (Wildman–Crippen LogP) is 7.75. The van der Waals surface area contributed by atoms with Crippen LogP contribution in [0.2, 0.25) is 0 Å². The summed E-state index contributed by atoms with van der Waals surface area (Å²) in [5.74, 6) is -1.23. The Bertz CT molecular complexity index is 1290. The van der Waals surface area contributed by atoms with Gasteiger partial charge in [-0.2, -0.15) is 4.90 Å². The quantitative estimate of drug-likeness (QED) is 0.405. The summed E-state index contributed by atoms with van der Waals surface area (Å²) in [5, 5.41) is 2.72. The molecule has 1 aliphatic rings. The lowest BCUT2D eigenvalue weighted by atomic mass is 9.92.